The minimum Gasteiger partial charge on any atom is -0.340 e. The molecule has 1 aliphatic heterocycles. The molecule has 0 unspecified atom stereocenters. The molecule has 0 atom stereocenters. The summed E-state index contributed by atoms with van der Waals surface area (Å²) in [6, 6.07) is 23.5. The first-order valence-electron chi connectivity index (χ1n) is 10.7. The van der Waals surface area contributed by atoms with Gasteiger partial charge in [-0.3, -0.25) is 14.5 Å². The van der Waals surface area contributed by atoms with Crippen LogP contribution < -0.4 is 0 Å². The zero-order chi connectivity index (χ0) is 23.8. The Labute approximate surface area is 215 Å². The second-order valence-corrected chi connectivity index (χ2v) is 10.4. The summed E-state index contributed by atoms with van der Waals surface area (Å²) in [6.07, 6.45) is 1.85. The number of nitrogens with zero attached hydrogens (tertiary/aromatic N) is 2. The van der Waals surface area contributed by atoms with Gasteiger partial charge in [-0.25, -0.2) is 0 Å². The lowest BCUT2D eigenvalue weighted by molar-refractivity contribution is -0.123. The Morgan fingerprint density at radius 3 is 2.53 bits per heavy atom. The number of imide groups is 1. The molecule has 0 bridgehead atoms. The summed E-state index contributed by atoms with van der Waals surface area (Å²) in [7, 11) is 0. The molecule has 4 aromatic rings. The maximum absolute atomic E-state index is 13.2. The van der Waals surface area contributed by atoms with Gasteiger partial charge >= 0.3 is 0 Å². The predicted molar refractivity (Wildman–Crippen MR) is 143 cm³/mol. The Morgan fingerprint density at radius 1 is 0.971 bits per heavy atom. The van der Waals surface area contributed by atoms with Gasteiger partial charge in [-0.05, 0) is 60.2 Å². The van der Waals surface area contributed by atoms with E-state index in [4.69, 9.17) is 11.6 Å². The third kappa shape index (κ3) is 4.33. The molecule has 2 heterocycles. The van der Waals surface area contributed by atoms with Gasteiger partial charge in [0.1, 0.15) is 0 Å². The first-order valence-corrected chi connectivity index (χ1v) is 12.7. The molecule has 3 aromatic carbocycles. The molecule has 2 amide bonds. The van der Waals surface area contributed by atoms with E-state index in [1.54, 1.807) is 0 Å². The highest BCUT2D eigenvalue weighted by molar-refractivity contribution is 9.10. The SMILES string of the molecule is Cc1c(/C=C2\SC(=O)N(Cc3cccc(Br)c3)C2=O)c2ccccc2n1Cc1ccccc1Cl. The van der Waals surface area contributed by atoms with Crippen LogP contribution in [0.25, 0.3) is 17.0 Å². The molecule has 0 aliphatic carbocycles. The van der Waals surface area contributed by atoms with E-state index in [9.17, 15) is 9.59 Å². The summed E-state index contributed by atoms with van der Waals surface area (Å²) in [5.74, 6) is -0.266. The summed E-state index contributed by atoms with van der Waals surface area (Å²) < 4.78 is 3.11. The molecular weight excluding hydrogens is 532 g/mol. The topological polar surface area (TPSA) is 42.3 Å². The number of para-hydroxylation sites is 1. The van der Waals surface area contributed by atoms with E-state index in [2.05, 4.69) is 26.6 Å². The molecule has 1 aliphatic rings. The van der Waals surface area contributed by atoms with Crippen LogP contribution in [0.3, 0.4) is 0 Å². The van der Waals surface area contributed by atoms with Crippen molar-refractivity contribution in [2.75, 3.05) is 0 Å². The number of fused-ring (bicyclic) bond motifs is 1. The van der Waals surface area contributed by atoms with Crippen molar-refractivity contribution in [1.82, 2.24) is 9.47 Å². The maximum atomic E-state index is 13.2. The van der Waals surface area contributed by atoms with Gasteiger partial charge in [-0.15, -0.1) is 0 Å². The Bertz CT molecular complexity index is 1480. The number of rotatable bonds is 5. The van der Waals surface area contributed by atoms with E-state index in [1.165, 1.54) is 4.90 Å². The number of carbonyl (C=O) groups excluding carboxylic acids is 2. The fourth-order valence-corrected chi connectivity index (χ4v) is 5.69. The molecule has 34 heavy (non-hydrogen) atoms. The number of carbonyl (C=O) groups is 2. The average molecular weight is 552 g/mol. The maximum Gasteiger partial charge on any atom is 0.293 e. The highest BCUT2D eigenvalue weighted by Gasteiger charge is 2.35. The van der Waals surface area contributed by atoms with Gasteiger partial charge in [0.25, 0.3) is 11.1 Å². The van der Waals surface area contributed by atoms with Crippen LogP contribution in [0.4, 0.5) is 4.79 Å². The van der Waals surface area contributed by atoms with Crippen LogP contribution in [-0.4, -0.2) is 20.6 Å². The lowest BCUT2D eigenvalue weighted by atomic mass is 10.1. The van der Waals surface area contributed by atoms with Crippen LogP contribution in [0.15, 0.2) is 82.2 Å². The predicted octanol–water partition coefficient (Wildman–Crippen LogP) is 7.65. The molecule has 5 rings (SSSR count). The van der Waals surface area contributed by atoms with Crippen molar-refractivity contribution in [3.8, 4) is 0 Å². The molecule has 7 heteroatoms. The molecule has 0 spiro atoms. The zero-order valence-corrected chi connectivity index (χ0v) is 21.5. The zero-order valence-electron chi connectivity index (χ0n) is 18.3. The lowest BCUT2D eigenvalue weighted by Crippen LogP contribution is -2.27. The van der Waals surface area contributed by atoms with Gasteiger partial charge in [0.15, 0.2) is 0 Å². The van der Waals surface area contributed by atoms with Crippen LogP contribution in [0.5, 0.6) is 0 Å². The Balaban J connectivity index is 1.52. The smallest absolute Gasteiger partial charge is 0.293 e. The van der Waals surface area contributed by atoms with Crippen molar-refractivity contribution in [3.05, 3.63) is 110 Å². The summed E-state index contributed by atoms with van der Waals surface area (Å²) in [5.41, 5.74) is 4.93. The van der Waals surface area contributed by atoms with Gasteiger partial charge in [-0.2, -0.15) is 0 Å². The molecule has 4 nitrogen and oxygen atoms in total. The largest absolute Gasteiger partial charge is 0.340 e. The number of hydrogen-bond acceptors (Lipinski definition) is 3. The molecule has 0 saturated carbocycles. The molecule has 0 N–H and O–H groups in total. The number of amides is 2. The summed E-state index contributed by atoms with van der Waals surface area (Å²) in [4.78, 5) is 27.6. The average Bonchev–Trinajstić information content (AvgIpc) is 3.24. The molecular formula is C27H20BrClN2O2S. The van der Waals surface area contributed by atoms with Crippen LogP contribution in [0, 0.1) is 6.92 Å². The summed E-state index contributed by atoms with van der Waals surface area (Å²) in [5, 5.41) is 1.49. The Morgan fingerprint density at radius 2 is 1.74 bits per heavy atom. The second-order valence-electron chi connectivity index (χ2n) is 8.09. The quantitative estimate of drug-likeness (QED) is 0.239. The third-order valence-corrected chi connectivity index (χ3v) is 7.71. The lowest BCUT2D eigenvalue weighted by Gasteiger charge is -2.12. The van der Waals surface area contributed by atoms with Crippen LogP contribution in [0.2, 0.25) is 5.02 Å². The van der Waals surface area contributed by atoms with E-state index < -0.39 is 0 Å². The highest BCUT2D eigenvalue weighted by atomic mass is 79.9. The third-order valence-electron chi connectivity index (χ3n) is 5.94. The molecule has 0 radical (unpaired) electrons. The summed E-state index contributed by atoms with van der Waals surface area (Å²) >= 11 is 10.9. The molecule has 170 valence electrons. The van der Waals surface area contributed by atoms with Gasteiger partial charge in [-0.1, -0.05) is 76.1 Å². The van der Waals surface area contributed by atoms with Crippen molar-refractivity contribution in [2.45, 2.75) is 20.0 Å². The van der Waals surface area contributed by atoms with Gasteiger partial charge in [0, 0.05) is 38.2 Å². The number of halogens is 2. The summed E-state index contributed by atoms with van der Waals surface area (Å²) in [6.45, 7) is 2.90. The van der Waals surface area contributed by atoms with Crippen molar-refractivity contribution < 1.29 is 9.59 Å². The van der Waals surface area contributed by atoms with E-state index in [0.717, 1.165) is 54.5 Å². The van der Waals surface area contributed by atoms with Crippen molar-refractivity contribution in [2.24, 2.45) is 0 Å². The Hall–Kier alpha value is -2.80. The molecule has 1 aromatic heterocycles. The minimum absolute atomic E-state index is 0.245. The van der Waals surface area contributed by atoms with E-state index >= 15 is 0 Å². The van der Waals surface area contributed by atoms with Crippen molar-refractivity contribution >= 4 is 67.4 Å². The fraction of sp³-hybridized carbons (Fsp3) is 0.111. The van der Waals surface area contributed by atoms with E-state index in [-0.39, 0.29) is 17.7 Å². The standard InChI is InChI=1S/C27H20BrClN2O2S/c1-17-22(14-25-26(32)31(27(33)34-25)15-18-7-6-9-20(28)13-18)21-10-3-5-12-24(21)30(17)16-19-8-2-4-11-23(19)29/h2-14H,15-16H2,1H3/b25-14-. The van der Waals surface area contributed by atoms with Crippen molar-refractivity contribution in [3.63, 3.8) is 0 Å². The number of aromatic nitrogens is 1. The highest BCUT2D eigenvalue weighted by Crippen LogP contribution is 2.37. The number of thioether (sulfide) groups is 1. The first kappa shape index (κ1) is 23.0. The van der Waals surface area contributed by atoms with Crippen molar-refractivity contribution in [1.29, 1.82) is 0 Å². The Kier molecular flexibility index (Phi) is 6.38. The van der Waals surface area contributed by atoms with Gasteiger partial charge < -0.3 is 4.57 Å². The van der Waals surface area contributed by atoms with E-state index in [1.807, 2.05) is 79.7 Å². The number of benzene rings is 3. The number of hydrogen-bond donors (Lipinski definition) is 0. The monoisotopic (exact) mass is 550 g/mol. The van der Waals surface area contributed by atoms with Crippen LogP contribution in [0.1, 0.15) is 22.4 Å². The van der Waals surface area contributed by atoms with E-state index in [0.29, 0.717) is 11.4 Å². The minimum atomic E-state index is -0.266. The molecule has 1 fully saturated rings. The van der Waals surface area contributed by atoms with Crippen LogP contribution >= 0.6 is 39.3 Å². The molecule has 1 saturated heterocycles. The van der Waals surface area contributed by atoms with Crippen LogP contribution in [-0.2, 0) is 17.9 Å². The normalized spacial score (nSPS) is 15.1. The second kappa shape index (κ2) is 9.45. The van der Waals surface area contributed by atoms with Gasteiger partial charge in [0.2, 0.25) is 0 Å². The first-order chi connectivity index (χ1) is 16.4. The van der Waals surface area contributed by atoms with Gasteiger partial charge in [0.05, 0.1) is 11.4 Å². The fourth-order valence-electron chi connectivity index (χ4n) is 4.23.